The molecule has 0 bridgehead atoms. The molecule has 1 aromatic carbocycles. The second kappa shape index (κ2) is 8.83. The molecule has 160 valence electrons. The van der Waals surface area contributed by atoms with Crippen molar-refractivity contribution in [3.05, 3.63) is 83.9 Å². The fourth-order valence-corrected chi connectivity index (χ4v) is 5.52. The van der Waals surface area contributed by atoms with E-state index >= 15 is 0 Å². The Morgan fingerprint density at radius 3 is 2.52 bits per heavy atom. The lowest BCUT2D eigenvalue weighted by Crippen LogP contribution is -2.31. The van der Waals surface area contributed by atoms with Crippen LogP contribution in [-0.2, 0) is 6.42 Å². The summed E-state index contributed by atoms with van der Waals surface area (Å²) in [5, 5.41) is 4.36. The maximum atomic E-state index is 5.89. The van der Waals surface area contributed by atoms with Gasteiger partial charge in [-0.2, -0.15) is 0 Å². The largest absolute Gasteiger partial charge is 0.351 e. The minimum Gasteiger partial charge on any atom is -0.351 e. The van der Waals surface area contributed by atoms with Crippen LogP contribution in [0.4, 0.5) is 5.69 Å². The topological polar surface area (TPSA) is 33.1 Å². The minimum atomic E-state index is 0.0109. The van der Waals surface area contributed by atoms with Crippen molar-refractivity contribution < 1.29 is 0 Å². The van der Waals surface area contributed by atoms with Crippen LogP contribution >= 0.6 is 12.2 Å². The number of rotatable bonds is 5. The normalized spacial score (nSPS) is 22.0. The summed E-state index contributed by atoms with van der Waals surface area (Å²) < 4.78 is 2.52. The highest BCUT2D eigenvalue weighted by Gasteiger charge is 2.42. The van der Waals surface area contributed by atoms with Gasteiger partial charge in [0.15, 0.2) is 5.11 Å². The van der Waals surface area contributed by atoms with E-state index in [1.165, 1.54) is 43.4 Å². The number of nitrogens with zero attached hydrogens (tertiary/aromatic N) is 3. The Labute approximate surface area is 190 Å². The Morgan fingerprint density at radius 1 is 1.00 bits per heavy atom. The zero-order chi connectivity index (χ0) is 21.2. The van der Waals surface area contributed by atoms with E-state index in [0.29, 0.717) is 6.04 Å². The number of aromatic nitrogens is 2. The maximum Gasteiger partial charge on any atom is 0.174 e. The van der Waals surface area contributed by atoms with Crippen molar-refractivity contribution in [2.75, 3.05) is 4.90 Å². The van der Waals surface area contributed by atoms with Gasteiger partial charge in [0.2, 0.25) is 0 Å². The number of nitrogens with one attached hydrogen (secondary N) is 1. The van der Waals surface area contributed by atoms with Crippen LogP contribution < -0.4 is 10.2 Å². The molecule has 3 heterocycles. The smallest absolute Gasteiger partial charge is 0.174 e. The van der Waals surface area contributed by atoms with Gasteiger partial charge in [0.25, 0.3) is 0 Å². The van der Waals surface area contributed by atoms with E-state index in [1.54, 1.807) is 0 Å². The molecule has 5 rings (SSSR count). The summed E-state index contributed by atoms with van der Waals surface area (Å²) in [6.45, 7) is 2.19. The number of anilines is 1. The SMILES string of the molecule is CCc1ccc(N2C(=S)N[C@@H](c3ccccn3)[C@@H]2c2cccn2C2CCCCC2)cc1. The van der Waals surface area contributed by atoms with Crippen LogP contribution in [0.3, 0.4) is 0 Å². The summed E-state index contributed by atoms with van der Waals surface area (Å²) in [6, 6.07) is 20.1. The summed E-state index contributed by atoms with van der Waals surface area (Å²) in [6.07, 6.45) is 11.7. The molecule has 0 amide bonds. The fourth-order valence-electron chi connectivity index (χ4n) is 5.18. The summed E-state index contributed by atoms with van der Waals surface area (Å²) in [5.74, 6) is 0. The van der Waals surface area contributed by atoms with Crippen LogP contribution in [-0.4, -0.2) is 14.7 Å². The summed E-state index contributed by atoms with van der Waals surface area (Å²) >= 11 is 5.89. The third kappa shape index (κ3) is 3.87. The van der Waals surface area contributed by atoms with Gasteiger partial charge in [0, 0.05) is 29.8 Å². The van der Waals surface area contributed by atoms with Gasteiger partial charge < -0.3 is 14.8 Å². The average molecular weight is 431 g/mol. The first-order valence-corrected chi connectivity index (χ1v) is 11.9. The zero-order valence-corrected chi connectivity index (χ0v) is 18.9. The molecule has 2 fully saturated rings. The first-order valence-electron chi connectivity index (χ1n) is 11.5. The Kier molecular flexibility index (Phi) is 5.77. The zero-order valence-electron chi connectivity index (χ0n) is 18.1. The van der Waals surface area contributed by atoms with E-state index < -0.39 is 0 Å². The number of thiocarbonyl (C=S) groups is 1. The third-order valence-corrected chi connectivity index (χ3v) is 7.12. The molecule has 1 saturated carbocycles. The molecule has 2 atom stereocenters. The molecule has 4 nitrogen and oxygen atoms in total. The molecule has 0 unspecified atom stereocenters. The lowest BCUT2D eigenvalue weighted by atomic mass is 9.94. The van der Waals surface area contributed by atoms with Crippen molar-refractivity contribution in [3.63, 3.8) is 0 Å². The van der Waals surface area contributed by atoms with Crippen LogP contribution in [0, 0.1) is 0 Å². The van der Waals surface area contributed by atoms with Crippen molar-refractivity contribution in [3.8, 4) is 0 Å². The van der Waals surface area contributed by atoms with E-state index in [0.717, 1.165) is 22.9 Å². The second-order valence-corrected chi connectivity index (χ2v) is 9.04. The quantitative estimate of drug-likeness (QED) is 0.494. The number of hydrogen-bond acceptors (Lipinski definition) is 2. The lowest BCUT2D eigenvalue weighted by Gasteiger charge is -2.32. The molecular formula is C26H30N4S. The molecule has 3 aromatic rings. The van der Waals surface area contributed by atoms with E-state index in [2.05, 4.69) is 76.4 Å². The Balaban J connectivity index is 1.59. The first kappa shape index (κ1) is 20.3. The standard InChI is InChI=1S/C26H30N4S/c1-2-19-13-15-21(16-14-19)30-25(24(28-26(30)31)22-11-6-7-17-27-22)23-12-8-18-29(23)20-9-4-3-5-10-20/h6-8,11-18,20,24-25H,2-5,9-10H2,1H3,(H,28,31)/t24-,25-/m0/s1. The van der Waals surface area contributed by atoms with Gasteiger partial charge >= 0.3 is 0 Å². The monoisotopic (exact) mass is 430 g/mol. The highest BCUT2D eigenvalue weighted by molar-refractivity contribution is 7.80. The van der Waals surface area contributed by atoms with Gasteiger partial charge in [0.05, 0.1) is 11.7 Å². The van der Waals surface area contributed by atoms with Gasteiger partial charge in [-0.15, -0.1) is 0 Å². The minimum absolute atomic E-state index is 0.0109. The van der Waals surface area contributed by atoms with Crippen LogP contribution in [0.1, 0.15) is 74.1 Å². The molecule has 5 heteroatoms. The number of pyridine rings is 1. The second-order valence-electron chi connectivity index (χ2n) is 8.65. The van der Waals surface area contributed by atoms with Crippen molar-refractivity contribution in [1.82, 2.24) is 14.9 Å². The van der Waals surface area contributed by atoms with Crippen LogP contribution in [0.15, 0.2) is 67.0 Å². The van der Waals surface area contributed by atoms with Gasteiger partial charge in [-0.3, -0.25) is 4.98 Å². The van der Waals surface area contributed by atoms with Crippen LogP contribution in [0.5, 0.6) is 0 Å². The van der Waals surface area contributed by atoms with Crippen molar-refractivity contribution in [2.24, 2.45) is 0 Å². The fraction of sp³-hybridized carbons (Fsp3) is 0.385. The van der Waals surface area contributed by atoms with Gasteiger partial charge in [-0.25, -0.2) is 0 Å². The highest BCUT2D eigenvalue weighted by atomic mass is 32.1. The summed E-state index contributed by atoms with van der Waals surface area (Å²) in [7, 11) is 0. The van der Waals surface area contributed by atoms with E-state index in [9.17, 15) is 0 Å². The van der Waals surface area contributed by atoms with E-state index in [1.807, 2.05) is 12.3 Å². The van der Waals surface area contributed by atoms with Gasteiger partial charge in [-0.05, 0) is 73.4 Å². The van der Waals surface area contributed by atoms with Crippen LogP contribution in [0.2, 0.25) is 0 Å². The lowest BCUT2D eigenvalue weighted by molar-refractivity contribution is 0.340. The Bertz CT molecular complexity index is 1020. The predicted octanol–water partition coefficient (Wildman–Crippen LogP) is 6.13. The molecule has 0 spiro atoms. The van der Waals surface area contributed by atoms with Crippen molar-refractivity contribution >= 4 is 23.0 Å². The third-order valence-electron chi connectivity index (χ3n) is 6.80. The van der Waals surface area contributed by atoms with Gasteiger partial charge in [0.1, 0.15) is 6.04 Å². The molecule has 1 N–H and O–H groups in total. The molecule has 31 heavy (non-hydrogen) atoms. The number of benzene rings is 1. The van der Waals surface area contributed by atoms with E-state index in [-0.39, 0.29) is 12.1 Å². The average Bonchev–Trinajstić information content (AvgIpc) is 3.44. The molecule has 1 aliphatic heterocycles. The maximum absolute atomic E-state index is 5.89. The first-order chi connectivity index (χ1) is 15.3. The summed E-state index contributed by atoms with van der Waals surface area (Å²) in [5.41, 5.74) is 4.81. The van der Waals surface area contributed by atoms with Crippen LogP contribution in [0.25, 0.3) is 0 Å². The molecule has 2 aromatic heterocycles. The molecular weight excluding hydrogens is 400 g/mol. The van der Waals surface area contributed by atoms with Crippen molar-refractivity contribution in [1.29, 1.82) is 0 Å². The van der Waals surface area contributed by atoms with E-state index in [4.69, 9.17) is 17.2 Å². The molecule has 1 saturated heterocycles. The highest BCUT2D eigenvalue weighted by Crippen LogP contribution is 2.43. The molecule has 0 radical (unpaired) electrons. The van der Waals surface area contributed by atoms with Crippen molar-refractivity contribution in [2.45, 2.75) is 63.6 Å². The molecule has 2 aliphatic rings. The number of hydrogen-bond donors (Lipinski definition) is 1. The predicted molar refractivity (Wildman–Crippen MR) is 130 cm³/mol. The molecule has 1 aliphatic carbocycles. The summed E-state index contributed by atoms with van der Waals surface area (Å²) in [4.78, 5) is 6.99. The van der Waals surface area contributed by atoms with Gasteiger partial charge in [-0.1, -0.05) is 44.4 Å². The Morgan fingerprint density at radius 2 is 1.81 bits per heavy atom. The number of aryl methyl sites for hydroxylation is 1. The Hall–Kier alpha value is -2.66.